The van der Waals surface area contributed by atoms with Gasteiger partial charge in [0.25, 0.3) is 17.6 Å². The molecule has 2 heterocycles. The Labute approximate surface area is 179 Å². The minimum atomic E-state index is -5.25. The van der Waals surface area contributed by atoms with Gasteiger partial charge in [-0.1, -0.05) is 0 Å². The number of benzene rings is 1. The van der Waals surface area contributed by atoms with Gasteiger partial charge in [0.05, 0.1) is 5.69 Å². The fourth-order valence-corrected chi connectivity index (χ4v) is 3.76. The molecule has 10 nitrogen and oxygen atoms in total. The fraction of sp³-hybridized carbons (Fsp3) is 0.353. The average molecular weight is 463 g/mol. The Hall–Kier alpha value is -2.39. The number of nitrogens with zero attached hydrogens (tertiary/aromatic N) is 5. The molecule has 14 heteroatoms. The molecule has 0 unspecified atom stereocenters. The number of hydrogen-bond donors (Lipinski definition) is 5. The van der Waals surface area contributed by atoms with Crippen LogP contribution in [0.1, 0.15) is 12.8 Å². The Balaban J connectivity index is 1.99. The minimum Gasteiger partial charge on any atom is -0.424 e. The molecule has 31 heavy (non-hydrogen) atoms. The quantitative estimate of drug-likeness (QED) is 0.319. The number of aromatic nitrogens is 2. The maximum absolute atomic E-state index is 13.1. The number of azo groups is 1. The first-order chi connectivity index (χ1) is 14.6. The molecule has 0 saturated carbocycles. The van der Waals surface area contributed by atoms with Gasteiger partial charge >= 0.3 is 5.51 Å². The summed E-state index contributed by atoms with van der Waals surface area (Å²) in [6.45, 7) is 1.52. The summed E-state index contributed by atoms with van der Waals surface area (Å²) in [5.41, 5.74) is -4.80. The zero-order valence-corrected chi connectivity index (χ0v) is 17.6. The lowest BCUT2D eigenvalue weighted by atomic mass is 10.2. The van der Waals surface area contributed by atoms with Crippen LogP contribution in [-0.2, 0) is 7.05 Å². The van der Waals surface area contributed by atoms with Crippen molar-refractivity contribution in [3.8, 4) is 0 Å². The average Bonchev–Trinajstić information content (AvgIpc) is 3.34. The zero-order valence-electron chi connectivity index (χ0n) is 16.8. The zero-order chi connectivity index (χ0) is 22.8. The molecule has 0 amide bonds. The van der Waals surface area contributed by atoms with E-state index in [1.165, 1.54) is 17.4 Å². The highest BCUT2D eigenvalue weighted by Gasteiger charge is 2.46. The van der Waals surface area contributed by atoms with Crippen molar-refractivity contribution in [3.05, 3.63) is 32.3 Å². The van der Waals surface area contributed by atoms with Gasteiger partial charge in [-0.2, -0.15) is 18.2 Å². The van der Waals surface area contributed by atoms with Gasteiger partial charge in [-0.05, 0) is 41.8 Å². The van der Waals surface area contributed by atoms with E-state index in [0.717, 1.165) is 25.9 Å². The van der Waals surface area contributed by atoms with Crippen molar-refractivity contribution >= 4 is 45.4 Å². The Bertz CT molecular complexity index is 958. The Morgan fingerprint density at radius 1 is 1.16 bits per heavy atom. The highest BCUT2D eigenvalue weighted by molar-refractivity contribution is 8.26. The highest BCUT2D eigenvalue weighted by atomic mass is 32.3. The van der Waals surface area contributed by atoms with Gasteiger partial charge in [0.2, 0.25) is 0 Å². The van der Waals surface area contributed by atoms with Crippen molar-refractivity contribution in [1.82, 2.24) is 9.55 Å². The number of halogens is 3. The van der Waals surface area contributed by atoms with E-state index < -0.39 is 16.3 Å². The van der Waals surface area contributed by atoms with Gasteiger partial charge in [0, 0.05) is 25.8 Å². The van der Waals surface area contributed by atoms with Crippen LogP contribution in [0, 0.1) is 14.1 Å². The Morgan fingerprint density at radius 3 is 2.39 bits per heavy atom. The summed E-state index contributed by atoms with van der Waals surface area (Å²) in [4.78, 5) is 6.25. The molecule has 1 fully saturated rings. The highest BCUT2D eigenvalue weighted by Crippen LogP contribution is 2.56. The molecule has 1 aliphatic rings. The maximum Gasteiger partial charge on any atom is 0.514 e. The standard InChI is InChI=1S/C17H25F3N8O2S/c1-21-14-15(22-2)27(3)16(23-14)25-24-12-7-6-11(28-8-4-5-9-28)10-13(12)26-31(29,30)17(18,19)20/h6-7,10,26,29-30H,1-2,4-5,8-9,21-22H2,3H3. The van der Waals surface area contributed by atoms with Crippen LogP contribution in [0.5, 0.6) is 0 Å². The van der Waals surface area contributed by atoms with Crippen molar-refractivity contribution in [2.45, 2.75) is 18.3 Å². The second-order valence-corrected chi connectivity index (χ2v) is 8.61. The van der Waals surface area contributed by atoms with Crippen LogP contribution in [0.2, 0.25) is 0 Å². The fourth-order valence-electron chi connectivity index (χ4n) is 3.18. The molecule has 3 rings (SSSR count). The second kappa shape index (κ2) is 9.00. The number of hydrogen-bond acceptors (Lipinski definition) is 7. The van der Waals surface area contributed by atoms with Crippen molar-refractivity contribution in [2.24, 2.45) is 17.3 Å². The molecular formula is C17H25F3N8O2S. The number of imidazole rings is 1. The summed E-state index contributed by atoms with van der Waals surface area (Å²) < 4.78 is 61.8. The smallest absolute Gasteiger partial charge is 0.424 e. The van der Waals surface area contributed by atoms with E-state index in [1.807, 2.05) is 9.62 Å². The van der Waals surface area contributed by atoms with E-state index in [4.69, 9.17) is 0 Å². The lowest BCUT2D eigenvalue weighted by molar-refractivity contribution is -0.547. The van der Waals surface area contributed by atoms with Gasteiger partial charge in [-0.15, -0.1) is 24.3 Å². The summed E-state index contributed by atoms with van der Waals surface area (Å²) in [7, 11) is 3.92. The molecule has 1 saturated heterocycles. The van der Waals surface area contributed by atoms with E-state index in [1.54, 1.807) is 23.0 Å². The van der Waals surface area contributed by atoms with Crippen molar-refractivity contribution < 1.29 is 32.9 Å². The molecule has 1 aromatic heterocycles. The number of quaternary nitrogens is 2. The second-order valence-electron chi connectivity index (χ2n) is 6.84. The van der Waals surface area contributed by atoms with Crippen LogP contribution < -0.4 is 20.3 Å². The molecule has 172 valence electrons. The topological polar surface area (TPSA) is 131 Å². The van der Waals surface area contributed by atoms with Crippen LogP contribution in [0.3, 0.4) is 0 Å². The van der Waals surface area contributed by atoms with Crippen LogP contribution in [-0.4, -0.2) is 37.3 Å². The number of alkyl halides is 3. The van der Waals surface area contributed by atoms with Gasteiger partial charge in [-0.3, -0.25) is 18.4 Å². The van der Waals surface area contributed by atoms with Gasteiger partial charge in [-0.25, -0.2) is 0 Å². The summed E-state index contributed by atoms with van der Waals surface area (Å²) in [5.74, 6) is 1.36. The van der Waals surface area contributed by atoms with E-state index >= 15 is 0 Å². The lowest BCUT2D eigenvalue weighted by Crippen LogP contribution is -2.77. The van der Waals surface area contributed by atoms with Crippen molar-refractivity contribution in [2.75, 3.05) is 22.7 Å². The first kappa shape index (κ1) is 23.3. The lowest BCUT2D eigenvalue weighted by Gasteiger charge is -2.35. The third-order valence-corrected chi connectivity index (χ3v) is 5.95. The largest absolute Gasteiger partial charge is 0.514 e. The van der Waals surface area contributed by atoms with Gasteiger partial charge in [0.15, 0.2) is 0 Å². The first-order valence-corrected chi connectivity index (χ1v) is 10.9. The summed E-state index contributed by atoms with van der Waals surface area (Å²) >= 11 is 0. The molecule has 0 bridgehead atoms. The number of nitrogens with one attached hydrogen (secondary N) is 1. The van der Waals surface area contributed by atoms with Crippen LogP contribution in [0.15, 0.2) is 28.4 Å². The molecule has 2 aromatic rings. The molecule has 0 aliphatic carbocycles. The Kier molecular flexibility index (Phi) is 6.76. The normalized spacial score (nSPS) is 15.8. The van der Waals surface area contributed by atoms with E-state index in [-0.39, 0.29) is 17.3 Å². The third kappa shape index (κ3) is 4.93. The monoisotopic (exact) mass is 462 g/mol. The molecule has 0 spiro atoms. The summed E-state index contributed by atoms with van der Waals surface area (Å²) in [6, 6.07) is 4.58. The molecule has 0 atom stereocenters. The predicted octanol–water partition coefficient (Wildman–Crippen LogP) is 3.01. The number of anilines is 2. The van der Waals surface area contributed by atoms with E-state index in [2.05, 4.69) is 29.3 Å². The van der Waals surface area contributed by atoms with Crippen molar-refractivity contribution in [1.29, 1.82) is 0 Å². The molecule has 7 N–H and O–H groups in total. The van der Waals surface area contributed by atoms with Gasteiger partial charge < -0.3 is 15.5 Å². The first-order valence-electron chi connectivity index (χ1n) is 9.32. The van der Waals surface area contributed by atoms with E-state index in [0.29, 0.717) is 17.3 Å². The Morgan fingerprint density at radius 2 is 1.84 bits per heavy atom. The number of nitrogens with two attached hydrogens (primary N) is 2. The maximum atomic E-state index is 13.1. The number of rotatable bonds is 7. The van der Waals surface area contributed by atoms with Crippen molar-refractivity contribution in [3.63, 3.8) is 0 Å². The summed E-state index contributed by atoms with van der Waals surface area (Å²) in [6.07, 6.45) is 1.94. The molecule has 0 radical (unpaired) electrons. The minimum absolute atomic E-state index is 0.00419. The van der Waals surface area contributed by atoms with Crippen LogP contribution in [0.4, 0.5) is 47.8 Å². The van der Waals surface area contributed by atoms with Gasteiger partial charge in [0.1, 0.15) is 5.69 Å². The predicted molar refractivity (Wildman–Crippen MR) is 112 cm³/mol. The van der Waals surface area contributed by atoms with Crippen LogP contribution in [0.25, 0.3) is 0 Å². The molecule has 1 aromatic carbocycles. The third-order valence-electron chi connectivity index (χ3n) is 4.80. The molecule has 1 aliphatic heterocycles. The van der Waals surface area contributed by atoms with E-state index in [9.17, 15) is 22.3 Å². The molecular weight excluding hydrogens is 437 g/mol. The summed E-state index contributed by atoms with van der Waals surface area (Å²) in [5, 5.41) is 11.1. The SMILES string of the molecule is [CH2-][NH2+]c1nc(N=Nc2ccc(N3CCCC3)cc2NS(O)(O)C(F)(F)F)n(C)c1[NH2+][CH2-]. The van der Waals surface area contributed by atoms with Crippen LogP contribution >= 0.6 is 10.8 Å².